The van der Waals surface area contributed by atoms with Crippen LogP contribution in [0, 0.1) is 0 Å². The zero-order chi connectivity index (χ0) is 14.5. The Morgan fingerprint density at radius 3 is 2.60 bits per heavy atom. The lowest BCUT2D eigenvalue weighted by atomic mass is 10.2. The number of carbonyl (C=O) groups excluding carboxylic acids is 1. The van der Waals surface area contributed by atoms with E-state index in [-0.39, 0.29) is 11.5 Å². The summed E-state index contributed by atoms with van der Waals surface area (Å²) in [6, 6.07) is 10.3. The number of aryl methyl sites for hydroxylation is 1. The molecule has 0 saturated carbocycles. The van der Waals surface area contributed by atoms with Crippen molar-refractivity contribution in [2.45, 2.75) is 0 Å². The van der Waals surface area contributed by atoms with Crippen molar-refractivity contribution in [2.24, 2.45) is 12.1 Å². The number of amides is 1. The van der Waals surface area contributed by atoms with Gasteiger partial charge in [-0.2, -0.15) is 5.10 Å². The van der Waals surface area contributed by atoms with Gasteiger partial charge in [0.15, 0.2) is 0 Å². The Bertz CT molecular complexity index is 705. The molecule has 102 valence electrons. The lowest BCUT2D eigenvalue weighted by Crippen LogP contribution is -2.22. The summed E-state index contributed by atoms with van der Waals surface area (Å²) in [7, 11) is 1.59. The molecule has 2 aromatic rings. The Balaban J connectivity index is 2.03. The number of carbonyl (C=O) groups is 1. The van der Waals surface area contributed by atoms with Gasteiger partial charge in [-0.3, -0.25) is 9.59 Å². The molecular formula is C14H12BrN3O2. The predicted molar refractivity (Wildman–Crippen MR) is 80.9 cm³/mol. The quantitative estimate of drug-likeness (QED) is 0.688. The molecule has 1 aromatic carbocycles. The Hall–Kier alpha value is -2.21. The largest absolute Gasteiger partial charge is 0.318 e. The van der Waals surface area contributed by atoms with Crippen LogP contribution in [0.5, 0.6) is 0 Å². The van der Waals surface area contributed by atoms with Gasteiger partial charge < -0.3 is 4.57 Å². The van der Waals surface area contributed by atoms with Crippen molar-refractivity contribution in [3.63, 3.8) is 0 Å². The first-order valence-corrected chi connectivity index (χ1v) is 6.61. The van der Waals surface area contributed by atoms with Crippen LogP contribution in [0.2, 0.25) is 0 Å². The number of nitrogens with one attached hydrogen (secondary N) is 1. The van der Waals surface area contributed by atoms with E-state index >= 15 is 0 Å². The van der Waals surface area contributed by atoms with Crippen molar-refractivity contribution in [1.82, 2.24) is 9.99 Å². The Kier molecular flexibility index (Phi) is 4.47. The maximum atomic E-state index is 11.8. The maximum absolute atomic E-state index is 11.8. The molecule has 0 fully saturated rings. The lowest BCUT2D eigenvalue weighted by Gasteiger charge is -2.02. The normalized spacial score (nSPS) is 10.7. The maximum Gasteiger partial charge on any atom is 0.272 e. The third-order valence-corrected chi connectivity index (χ3v) is 3.13. The molecule has 0 atom stereocenters. The highest BCUT2D eigenvalue weighted by molar-refractivity contribution is 9.10. The van der Waals surface area contributed by atoms with Crippen LogP contribution < -0.4 is 11.0 Å². The van der Waals surface area contributed by atoms with Gasteiger partial charge in [-0.15, -0.1) is 0 Å². The van der Waals surface area contributed by atoms with Gasteiger partial charge in [-0.05, 0) is 23.8 Å². The second kappa shape index (κ2) is 6.29. The van der Waals surface area contributed by atoms with Crippen molar-refractivity contribution in [2.75, 3.05) is 0 Å². The number of hydrogen-bond acceptors (Lipinski definition) is 3. The van der Waals surface area contributed by atoms with E-state index < -0.39 is 0 Å². The number of aromatic nitrogens is 1. The zero-order valence-corrected chi connectivity index (χ0v) is 12.3. The molecule has 2 rings (SSSR count). The van der Waals surface area contributed by atoms with Gasteiger partial charge in [0.1, 0.15) is 0 Å². The van der Waals surface area contributed by atoms with Crippen LogP contribution in [0.3, 0.4) is 0 Å². The number of nitrogens with zero attached hydrogens (tertiary/aromatic N) is 2. The smallest absolute Gasteiger partial charge is 0.272 e. The fraction of sp³-hybridized carbons (Fsp3) is 0.0714. The van der Waals surface area contributed by atoms with Crippen molar-refractivity contribution in [3.8, 4) is 0 Å². The van der Waals surface area contributed by atoms with Crippen molar-refractivity contribution < 1.29 is 4.79 Å². The van der Waals surface area contributed by atoms with Crippen LogP contribution in [-0.2, 0) is 7.05 Å². The molecule has 0 aliphatic heterocycles. The molecule has 5 nitrogen and oxygen atoms in total. The van der Waals surface area contributed by atoms with E-state index in [4.69, 9.17) is 0 Å². The minimum absolute atomic E-state index is 0.167. The first-order valence-electron chi connectivity index (χ1n) is 5.82. The van der Waals surface area contributed by atoms with Gasteiger partial charge in [0.25, 0.3) is 5.91 Å². The molecule has 6 heteroatoms. The van der Waals surface area contributed by atoms with E-state index in [9.17, 15) is 9.59 Å². The fourth-order valence-electron chi connectivity index (χ4n) is 1.51. The molecule has 0 aliphatic rings. The SMILES string of the molecule is Cn1cc(C(=O)N/N=C\c2ccc(Br)cc2)ccc1=O. The van der Waals surface area contributed by atoms with Crippen LogP contribution in [0.15, 0.2) is 57.0 Å². The summed E-state index contributed by atoms with van der Waals surface area (Å²) in [5, 5.41) is 3.87. The van der Waals surface area contributed by atoms with Crippen molar-refractivity contribution >= 4 is 28.1 Å². The highest BCUT2D eigenvalue weighted by Gasteiger charge is 2.04. The van der Waals surface area contributed by atoms with E-state index in [0.29, 0.717) is 5.56 Å². The number of benzene rings is 1. The van der Waals surface area contributed by atoms with E-state index in [1.807, 2.05) is 24.3 Å². The summed E-state index contributed by atoms with van der Waals surface area (Å²) in [6.45, 7) is 0. The average molecular weight is 334 g/mol. The predicted octanol–water partition coefficient (Wildman–Crippen LogP) is 1.91. The molecule has 1 aromatic heterocycles. The average Bonchev–Trinajstić information content (AvgIpc) is 2.44. The summed E-state index contributed by atoms with van der Waals surface area (Å²) < 4.78 is 2.32. The summed E-state index contributed by atoms with van der Waals surface area (Å²) in [6.07, 6.45) is 3.01. The molecule has 0 saturated heterocycles. The minimum atomic E-state index is -0.367. The van der Waals surface area contributed by atoms with Crippen molar-refractivity contribution in [3.05, 3.63) is 68.5 Å². The van der Waals surface area contributed by atoms with E-state index in [1.165, 1.54) is 22.9 Å². The Morgan fingerprint density at radius 1 is 1.25 bits per heavy atom. The van der Waals surface area contributed by atoms with Gasteiger partial charge >= 0.3 is 0 Å². The topological polar surface area (TPSA) is 63.5 Å². The molecule has 20 heavy (non-hydrogen) atoms. The van der Waals surface area contributed by atoms with Gasteiger partial charge in [-0.25, -0.2) is 5.43 Å². The van der Waals surface area contributed by atoms with Crippen LogP contribution in [0.1, 0.15) is 15.9 Å². The molecule has 0 aliphatic carbocycles. The van der Waals surface area contributed by atoms with Gasteiger partial charge in [0, 0.05) is 23.8 Å². The molecule has 0 radical (unpaired) electrons. The second-order valence-electron chi connectivity index (χ2n) is 4.12. The highest BCUT2D eigenvalue weighted by atomic mass is 79.9. The molecule has 0 unspecified atom stereocenters. The fourth-order valence-corrected chi connectivity index (χ4v) is 1.77. The Labute approximate surface area is 124 Å². The summed E-state index contributed by atoms with van der Waals surface area (Å²) in [5.74, 6) is -0.367. The van der Waals surface area contributed by atoms with E-state index in [1.54, 1.807) is 13.3 Å². The number of pyridine rings is 1. The summed E-state index contributed by atoms with van der Waals surface area (Å²) in [4.78, 5) is 23.0. The second-order valence-corrected chi connectivity index (χ2v) is 5.03. The molecule has 1 heterocycles. The van der Waals surface area contributed by atoms with E-state index in [0.717, 1.165) is 10.0 Å². The Morgan fingerprint density at radius 2 is 1.95 bits per heavy atom. The number of halogens is 1. The molecular weight excluding hydrogens is 322 g/mol. The number of hydrogen-bond donors (Lipinski definition) is 1. The summed E-state index contributed by atoms with van der Waals surface area (Å²) in [5.41, 5.74) is 3.49. The third-order valence-electron chi connectivity index (χ3n) is 2.60. The first kappa shape index (κ1) is 14.2. The standard InChI is InChI=1S/C14H12BrN3O2/c1-18-9-11(4-7-13(18)19)14(20)17-16-8-10-2-5-12(15)6-3-10/h2-9H,1H3,(H,17,20)/b16-8-. The molecule has 1 amide bonds. The monoisotopic (exact) mass is 333 g/mol. The number of hydrazone groups is 1. The van der Waals surface area contributed by atoms with Crippen LogP contribution in [0.4, 0.5) is 0 Å². The number of rotatable bonds is 3. The van der Waals surface area contributed by atoms with Crippen LogP contribution >= 0.6 is 15.9 Å². The molecule has 0 spiro atoms. The zero-order valence-electron chi connectivity index (χ0n) is 10.7. The lowest BCUT2D eigenvalue weighted by molar-refractivity contribution is 0.0954. The molecule has 0 bridgehead atoms. The van der Waals surface area contributed by atoms with Crippen LogP contribution in [0.25, 0.3) is 0 Å². The van der Waals surface area contributed by atoms with Crippen molar-refractivity contribution in [1.29, 1.82) is 0 Å². The molecule has 1 N–H and O–H groups in total. The minimum Gasteiger partial charge on any atom is -0.318 e. The van der Waals surface area contributed by atoms with Crippen LogP contribution in [-0.4, -0.2) is 16.7 Å². The third kappa shape index (κ3) is 3.64. The van der Waals surface area contributed by atoms with Gasteiger partial charge in [0.2, 0.25) is 5.56 Å². The van der Waals surface area contributed by atoms with E-state index in [2.05, 4.69) is 26.5 Å². The van der Waals surface area contributed by atoms with Gasteiger partial charge in [-0.1, -0.05) is 28.1 Å². The highest BCUT2D eigenvalue weighted by Crippen LogP contribution is 2.08. The summed E-state index contributed by atoms with van der Waals surface area (Å²) >= 11 is 3.34. The first-order chi connectivity index (χ1) is 9.56. The van der Waals surface area contributed by atoms with Gasteiger partial charge in [0.05, 0.1) is 11.8 Å².